The molecule has 2 heterocycles. The van der Waals surface area contributed by atoms with Gasteiger partial charge < -0.3 is 4.74 Å². The Balaban J connectivity index is 2.09. The lowest BCUT2D eigenvalue weighted by Gasteiger charge is -2.15. The monoisotopic (exact) mass is 498 g/mol. The van der Waals surface area contributed by atoms with Crippen LogP contribution in [0.4, 0.5) is 0 Å². The lowest BCUT2D eigenvalue weighted by atomic mass is 10.3. The number of rotatable bonds is 8. The minimum atomic E-state index is -4.37. The molecule has 174 valence electrons. The number of hydrogen-bond donors (Lipinski definition) is 0. The number of nitrogens with zero attached hydrogens (tertiary/aromatic N) is 2. The van der Waals surface area contributed by atoms with Crippen molar-refractivity contribution in [2.45, 2.75) is 9.79 Å². The van der Waals surface area contributed by atoms with E-state index < -0.39 is 20.0 Å². The zero-order valence-electron chi connectivity index (χ0n) is 17.7. The molecule has 0 spiro atoms. The van der Waals surface area contributed by atoms with Crippen LogP contribution in [0.5, 0.6) is 5.75 Å². The Morgan fingerprint density at radius 3 is 1.68 bits per heavy atom. The van der Waals surface area contributed by atoms with Crippen molar-refractivity contribution in [3.05, 3.63) is 90.3 Å². The number of carbonyl (C=O) groups excluding carboxylic acids is 2. The second-order valence-corrected chi connectivity index (χ2v) is 10.6. The summed E-state index contributed by atoms with van der Waals surface area (Å²) in [7, 11) is -7.43. The molecule has 9 nitrogen and oxygen atoms in total. The fraction of sp³-hybridized carbons (Fsp3) is 0.0435. The van der Waals surface area contributed by atoms with E-state index in [1.165, 1.54) is 73.8 Å². The number of hydrogen-bond acceptors (Lipinski definition) is 7. The van der Waals surface area contributed by atoms with Crippen molar-refractivity contribution < 1.29 is 31.2 Å². The zero-order chi connectivity index (χ0) is 24.5. The van der Waals surface area contributed by atoms with E-state index in [4.69, 9.17) is 4.74 Å². The number of carbonyl (C=O) groups is 2. The molecule has 2 aromatic carbocycles. The molecule has 11 heteroatoms. The van der Waals surface area contributed by atoms with Gasteiger partial charge in [0.2, 0.25) is 0 Å². The quantitative estimate of drug-likeness (QED) is 0.342. The molecular weight excluding hydrogens is 480 g/mol. The Hall–Kier alpha value is -3.96. The molecule has 0 fully saturated rings. The smallest absolute Gasteiger partial charge is 0.268 e. The number of methoxy groups -OCH3 is 1. The van der Waals surface area contributed by atoms with E-state index in [-0.39, 0.29) is 38.3 Å². The van der Waals surface area contributed by atoms with E-state index in [2.05, 4.69) is 0 Å². The summed E-state index contributed by atoms with van der Waals surface area (Å²) < 4.78 is 60.8. The molecule has 0 aliphatic heterocycles. The summed E-state index contributed by atoms with van der Waals surface area (Å²) in [4.78, 5) is 23.5. The highest BCUT2D eigenvalue weighted by molar-refractivity contribution is 7.90. The van der Waals surface area contributed by atoms with Crippen molar-refractivity contribution in [2.24, 2.45) is 0 Å². The van der Waals surface area contributed by atoms with Crippen LogP contribution < -0.4 is 4.74 Å². The SMILES string of the molecule is COc1cc(-c2ccc(C=O)n2S(=O)(=O)c2ccccc2)n(S(=O)(=O)c2ccccc2)c1C=O. The maximum atomic E-state index is 13.6. The largest absolute Gasteiger partial charge is 0.494 e. The molecule has 0 aliphatic carbocycles. The van der Waals surface area contributed by atoms with Gasteiger partial charge in [-0.2, -0.15) is 0 Å². The summed E-state index contributed by atoms with van der Waals surface area (Å²) in [5.41, 5.74) is -0.874. The minimum Gasteiger partial charge on any atom is -0.494 e. The second-order valence-electron chi connectivity index (χ2n) is 7.03. The van der Waals surface area contributed by atoms with E-state index in [9.17, 15) is 26.4 Å². The molecule has 0 radical (unpaired) electrons. The van der Waals surface area contributed by atoms with Crippen molar-refractivity contribution in [1.29, 1.82) is 0 Å². The van der Waals surface area contributed by atoms with E-state index in [0.29, 0.717) is 12.6 Å². The Morgan fingerprint density at radius 2 is 1.21 bits per heavy atom. The average Bonchev–Trinajstić information content (AvgIpc) is 3.47. The first-order chi connectivity index (χ1) is 16.3. The van der Waals surface area contributed by atoms with Gasteiger partial charge in [-0.25, -0.2) is 24.8 Å². The normalized spacial score (nSPS) is 11.8. The van der Waals surface area contributed by atoms with Gasteiger partial charge in [-0.15, -0.1) is 0 Å². The summed E-state index contributed by atoms with van der Waals surface area (Å²) in [5, 5.41) is 0. The molecule has 0 atom stereocenters. The van der Waals surface area contributed by atoms with Crippen LogP contribution in [0.2, 0.25) is 0 Å². The third-order valence-corrected chi connectivity index (χ3v) is 8.60. The van der Waals surface area contributed by atoms with Crippen LogP contribution in [-0.2, 0) is 20.0 Å². The van der Waals surface area contributed by atoms with Gasteiger partial charge in [-0.1, -0.05) is 36.4 Å². The summed E-state index contributed by atoms with van der Waals surface area (Å²) in [6.45, 7) is 0. The third-order valence-electron chi connectivity index (χ3n) is 5.10. The first kappa shape index (κ1) is 23.2. The average molecular weight is 499 g/mol. The Morgan fingerprint density at radius 1 is 0.676 bits per heavy atom. The lowest BCUT2D eigenvalue weighted by Crippen LogP contribution is -2.20. The van der Waals surface area contributed by atoms with E-state index >= 15 is 0 Å². The number of aldehydes is 2. The highest BCUT2D eigenvalue weighted by Crippen LogP contribution is 2.36. The van der Waals surface area contributed by atoms with Crippen LogP contribution in [0.15, 0.2) is 88.7 Å². The fourth-order valence-corrected chi connectivity index (χ4v) is 6.59. The molecular formula is C23H18N2O7S2. The first-order valence-electron chi connectivity index (χ1n) is 9.81. The van der Waals surface area contributed by atoms with Gasteiger partial charge in [-0.3, -0.25) is 9.59 Å². The van der Waals surface area contributed by atoms with Gasteiger partial charge in [0.15, 0.2) is 12.6 Å². The summed E-state index contributed by atoms with van der Waals surface area (Å²) in [6.07, 6.45) is 0.656. The minimum absolute atomic E-state index is 0.0815. The molecule has 0 unspecified atom stereocenters. The van der Waals surface area contributed by atoms with Gasteiger partial charge in [0, 0.05) is 6.07 Å². The molecule has 0 saturated heterocycles. The number of aromatic nitrogens is 2. The highest BCUT2D eigenvalue weighted by atomic mass is 32.2. The van der Waals surface area contributed by atoms with Crippen LogP contribution in [0.3, 0.4) is 0 Å². The summed E-state index contributed by atoms with van der Waals surface area (Å²) in [5.74, 6) is -0.0815. The predicted octanol–water partition coefficient (Wildman–Crippen LogP) is 3.06. The van der Waals surface area contributed by atoms with Crippen LogP contribution in [0.25, 0.3) is 11.4 Å². The van der Waals surface area contributed by atoms with Crippen molar-refractivity contribution >= 4 is 32.6 Å². The molecule has 34 heavy (non-hydrogen) atoms. The Labute approximate surface area is 195 Å². The molecule has 0 N–H and O–H groups in total. The molecule has 4 aromatic rings. The second kappa shape index (κ2) is 8.76. The molecule has 2 aromatic heterocycles. The molecule has 0 bridgehead atoms. The zero-order valence-corrected chi connectivity index (χ0v) is 19.4. The van der Waals surface area contributed by atoms with Crippen LogP contribution in [-0.4, -0.2) is 44.5 Å². The maximum absolute atomic E-state index is 13.6. The topological polar surface area (TPSA) is 122 Å². The molecule has 0 saturated carbocycles. The summed E-state index contributed by atoms with van der Waals surface area (Å²) >= 11 is 0. The lowest BCUT2D eigenvalue weighted by molar-refractivity contribution is 0.110. The first-order valence-corrected chi connectivity index (χ1v) is 12.7. The van der Waals surface area contributed by atoms with Crippen LogP contribution in [0, 0.1) is 0 Å². The number of ether oxygens (including phenoxy) is 1. The Kier molecular flexibility index (Phi) is 5.98. The molecule has 0 aliphatic rings. The van der Waals surface area contributed by atoms with Crippen molar-refractivity contribution in [1.82, 2.24) is 7.94 Å². The molecule has 4 rings (SSSR count). The van der Waals surface area contributed by atoms with Crippen LogP contribution >= 0.6 is 0 Å². The maximum Gasteiger partial charge on any atom is 0.268 e. The van der Waals surface area contributed by atoms with E-state index in [0.717, 1.165) is 7.94 Å². The van der Waals surface area contributed by atoms with Gasteiger partial charge in [0.25, 0.3) is 20.0 Å². The van der Waals surface area contributed by atoms with Gasteiger partial charge in [-0.05, 0) is 36.4 Å². The van der Waals surface area contributed by atoms with Gasteiger partial charge in [0.05, 0.1) is 34.0 Å². The third kappa shape index (κ3) is 3.64. The van der Waals surface area contributed by atoms with Crippen molar-refractivity contribution in [3.63, 3.8) is 0 Å². The standard InChI is InChI=1S/C23H18N2O7S2/c1-32-23-14-21(25(22(23)16-27)34(30,31)19-10-6-3-7-11-19)20-13-12-17(15-26)24(20)33(28,29)18-8-4-2-5-9-18/h2-16H,1H3. The Bertz CT molecular complexity index is 1590. The van der Waals surface area contributed by atoms with E-state index in [1.807, 2.05) is 0 Å². The van der Waals surface area contributed by atoms with Gasteiger partial charge in [0.1, 0.15) is 11.4 Å². The fourth-order valence-electron chi connectivity index (χ4n) is 3.57. The molecule has 0 amide bonds. The highest BCUT2D eigenvalue weighted by Gasteiger charge is 2.32. The van der Waals surface area contributed by atoms with Gasteiger partial charge >= 0.3 is 0 Å². The van der Waals surface area contributed by atoms with Crippen LogP contribution in [0.1, 0.15) is 21.0 Å². The summed E-state index contributed by atoms with van der Waals surface area (Å²) in [6, 6.07) is 18.5. The van der Waals surface area contributed by atoms with Crippen molar-refractivity contribution in [2.75, 3.05) is 7.11 Å². The van der Waals surface area contributed by atoms with E-state index in [1.54, 1.807) is 12.1 Å². The number of benzene rings is 2. The predicted molar refractivity (Wildman–Crippen MR) is 123 cm³/mol. The van der Waals surface area contributed by atoms with Crippen molar-refractivity contribution in [3.8, 4) is 17.1 Å².